The Morgan fingerprint density at radius 2 is 1.71 bits per heavy atom. The maximum absolute atomic E-state index is 12.7. The summed E-state index contributed by atoms with van der Waals surface area (Å²) in [6.07, 6.45) is 0. The van der Waals surface area contributed by atoms with Gasteiger partial charge in [0.1, 0.15) is 10.9 Å². The van der Waals surface area contributed by atoms with Crippen LogP contribution in [0.3, 0.4) is 0 Å². The number of fused-ring (bicyclic) bond motifs is 3. The van der Waals surface area contributed by atoms with Crippen LogP contribution in [-0.4, -0.2) is 25.0 Å². The van der Waals surface area contributed by atoms with E-state index in [2.05, 4.69) is 20.3 Å². The van der Waals surface area contributed by atoms with Crippen molar-refractivity contribution in [3.8, 4) is 17.1 Å². The van der Waals surface area contributed by atoms with Crippen LogP contribution in [0, 0.1) is 6.92 Å². The number of aromatic nitrogens is 5. The highest BCUT2D eigenvalue weighted by Crippen LogP contribution is 2.26. The van der Waals surface area contributed by atoms with Crippen molar-refractivity contribution < 1.29 is 4.42 Å². The van der Waals surface area contributed by atoms with Gasteiger partial charge in [-0.25, -0.2) is 14.8 Å². The molecule has 7 nitrogen and oxygen atoms in total. The Hall–Kier alpha value is -3.58. The second-order valence-electron chi connectivity index (χ2n) is 6.24. The molecule has 3 aromatic heterocycles. The van der Waals surface area contributed by atoms with E-state index in [4.69, 9.17) is 16.0 Å². The summed E-state index contributed by atoms with van der Waals surface area (Å²) in [6.45, 7) is 1.74. The molecule has 0 atom stereocenters. The van der Waals surface area contributed by atoms with Crippen LogP contribution in [-0.2, 0) is 0 Å². The first-order chi connectivity index (χ1) is 13.6. The van der Waals surface area contributed by atoms with Crippen molar-refractivity contribution in [3.05, 3.63) is 75.7 Å². The minimum Gasteiger partial charge on any atom is -0.403 e. The van der Waals surface area contributed by atoms with Crippen molar-refractivity contribution >= 4 is 33.7 Å². The van der Waals surface area contributed by atoms with E-state index < -0.39 is 5.63 Å². The molecule has 0 fully saturated rings. The Kier molecular flexibility index (Phi) is 3.70. The van der Waals surface area contributed by atoms with Gasteiger partial charge >= 0.3 is 5.63 Å². The van der Waals surface area contributed by atoms with E-state index in [9.17, 15) is 4.79 Å². The molecule has 2 aromatic carbocycles. The third-order valence-corrected chi connectivity index (χ3v) is 4.69. The van der Waals surface area contributed by atoms with Crippen LogP contribution in [0.1, 0.15) is 5.69 Å². The Balaban J connectivity index is 1.83. The molecule has 28 heavy (non-hydrogen) atoms. The molecule has 0 aliphatic carbocycles. The molecule has 0 radical (unpaired) electrons. The summed E-state index contributed by atoms with van der Waals surface area (Å²) in [5.74, 6) is 0.190. The summed E-state index contributed by atoms with van der Waals surface area (Å²) in [7, 11) is 0. The van der Waals surface area contributed by atoms with E-state index in [0.29, 0.717) is 38.3 Å². The summed E-state index contributed by atoms with van der Waals surface area (Å²) < 4.78 is 7.06. The third-order valence-electron chi connectivity index (χ3n) is 4.44. The predicted molar refractivity (Wildman–Crippen MR) is 106 cm³/mol. The minimum absolute atomic E-state index is 0.190. The normalized spacial score (nSPS) is 11.4. The lowest BCUT2D eigenvalue weighted by Crippen LogP contribution is -2.07. The molecule has 5 aromatic rings. The smallest absolute Gasteiger partial charge is 0.349 e. The molecule has 0 aliphatic rings. The zero-order valence-electron chi connectivity index (χ0n) is 14.6. The first kappa shape index (κ1) is 16.6. The van der Waals surface area contributed by atoms with Gasteiger partial charge in [0, 0.05) is 10.6 Å². The molecule has 0 N–H and O–H groups in total. The van der Waals surface area contributed by atoms with Gasteiger partial charge in [-0.05, 0) is 43.3 Å². The Labute approximate surface area is 163 Å². The molecule has 5 rings (SSSR count). The summed E-state index contributed by atoms with van der Waals surface area (Å²) >= 11 is 5.94. The largest absolute Gasteiger partial charge is 0.403 e. The molecule has 0 unspecified atom stereocenters. The van der Waals surface area contributed by atoms with E-state index in [1.54, 1.807) is 35.9 Å². The van der Waals surface area contributed by atoms with E-state index in [1.807, 2.05) is 30.3 Å². The molecule has 0 spiro atoms. The molecule has 136 valence electrons. The SMILES string of the molecule is Cc1nc2c(nnn2-c2ccccc2)c2nc(-c3ccc(Cl)cc3)oc(=O)c12. The van der Waals surface area contributed by atoms with Crippen LogP contribution in [0.5, 0.6) is 0 Å². The lowest BCUT2D eigenvalue weighted by molar-refractivity contribution is 0.518. The second kappa shape index (κ2) is 6.24. The highest BCUT2D eigenvalue weighted by atomic mass is 35.5. The van der Waals surface area contributed by atoms with E-state index in [-0.39, 0.29) is 5.89 Å². The lowest BCUT2D eigenvalue weighted by atomic mass is 10.2. The highest BCUT2D eigenvalue weighted by Gasteiger charge is 2.19. The number of rotatable bonds is 2. The van der Waals surface area contributed by atoms with Crippen LogP contribution in [0.4, 0.5) is 0 Å². The fraction of sp³-hybridized carbons (Fsp3) is 0.0500. The number of benzene rings is 2. The average Bonchev–Trinajstić information content (AvgIpc) is 3.13. The highest BCUT2D eigenvalue weighted by molar-refractivity contribution is 6.30. The first-order valence-electron chi connectivity index (χ1n) is 8.50. The van der Waals surface area contributed by atoms with Gasteiger partial charge < -0.3 is 4.42 Å². The predicted octanol–water partition coefficient (Wildman–Crippen LogP) is 3.95. The molecule has 0 saturated carbocycles. The number of aryl methyl sites for hydroxylation is 1. The lowest BCUT2D eigenvalue weighted by Gasteiger charge is -2.05. The zero-order chi connectivity index (χ0) is 19.3. The molecule has 0 aliphatic heterocycles. The quantitative estimate of drug-likeness (QED) is 0.454. The molecule has 3 heterocycles. The number of halogens is 1. The average molecular weight is 390 g/mol. The number of pyridine rings is 1. The molecular formula is C20H12ClN5O2. The van der Waals surface area contributed by atoms with Gasteiger partial charge in [0.25, 0.3) is 0 Å². The van der Waals surface area contributed by atoms with Crippen LogP contribution < -0.4 is 5.63 Å². The van der Waals surface area contributed by atoms with Crippen molar-refractivity contribution in [3.63, 3.8) is 0 Å². The van der Waals surface area contributed by atoms with Gasteiger partial charge in [-0.3, -0.25) is 0 Å². The summed E-state index contributed by atoms with van der Waals surface area (Å²) in [5, 5.41) is 9.34. The van der Waals surface area contributed by atoms with Crippen molar-refractivity contribution in [2.75, 3.05) is 0 Å². The van der Waals surface area contributed by atoms with Crippen molar-refractivity contribution in [2.45, 2.75) is 6.92 Å². The Bertz CT molecular complexity index is 1390. The molecule has 0 bridgehead atoms. The maximum atomic E-state index is 12.7. The Morgan fingerprint density at radius 1 is 0.964 bits per heavy atom. The third kappa shape index (κ3) is 2.56. The summed E-state index contributed by atoms with van der Waals surface area (Å²) in [6, 6.07) is 16.4. The monoisotopic (exact) mass is 389 g/mol. The minimum atomic E-state index is -0.517. The van der Waals surface area contributed by atoms with Gasteiger partial charge in [-0.15, -0.1) is 5.10 Å². The molecule has 0 amide bonds. The fourth-order valence-corrected chi connectivity index (χ4v) is 3.24. The van der Waals surface area contributed by atoms with Crippen molar-refractivity contribution in [2.24, 2.45) is 0 Å². The van der Waals surface area contributed by atoms with Crippen LogP contribution in [0.2, 0.25) is 5.02 Å². The standard InChI is InChI=1S/C20H12ClN5O2/c1-11-15-16(23-19(28-20(15)27)12-7-9-13(21)10-8-12)17-18(22-11)26(25-24-17)14-5-3-2-4-6-14/h2-10H,1H3. The van der Waals surface area contributed by atoms with Gasteiger partial charge in [0.05, 0.1) is 11.4 Å². The first-order valence-corrected chi connectivity index (χ1v) is 8.88. The fourth-order valence-electron chi connectivity index (χ4n) is 3.11. The molecule has 8 heteroatoms. The molecule has 0 saturated heterocycles. The van der Waals surface area contributed by atoms with Gasteiger partial charge in [-0.1, -0.05) is 35.0 Å². The maximum Gasteiger partial charge on any atom is 0.349 e. The Morgan fingerprint density at radius 3 is 2.46 bits per heavy atom. The van der Waals surface area contributed by atoms with Gasteiger partial charge in [0.15, 0.2) is 11.2 Å². The summed E-state index contributed by atoms with van der Waals surface area (Å²) in [4.78, 5) is 21.8. The van der Waals surface area contributed by atoms with E-state index >= 15 is 0 Å². The second-order valence-corrected chi connectivity index (χ2v) is 6.68. The van der Waals surface area contributed by atoms with Gasteiger partial charge in [-0.2, -0.15) is 4.68 Å². The zero-order valence-corrected chi connectivity index (χ0v) is 15.4. The summed E-state index contributed by atoms with van der Waals surface area (Å²) in [5.41, 5.74) is 2.82. The van der Waals surface area contributed by atoms with Gasteiger partial charge in [0.2, 0.25) is 5.89 Å². The topological polar surface area (TPSA) is 86.7 Å². The number of hydrogen-bond acceptors (Lipinski definition) is 6. The van der Waals surface area contributed by atoms with E-state index in [1.165, 1.54) is 0 Å². The van der Waals surface area contributed by atoms with Crippen LogP contribution in [0.15, 0.2) is 63.8 Å². The number of hydrogen-bond donors (Lipinski definition) is 0. The number of nitrogens with zero attached hydrogens (tertiary/aromatic N) is 5. The van der Waals surface area contributed by atoms with Crippen molar-refractivity contribution in [1.29, 1.82) is 0 Å². The van der Waals surface area contributed by atoms with Crippen molar-refractivity contribution in [1.82, 2.24) is 25.0 Å². The molecular weight excluding hydrogens is 378 g/mol. The number of para-hydroxylation sites is 1. The van der Waals surface area contributed by atoms with E-state index in [0.717, 1.165) is 5.69 Å². The van der Waals surface area contributed by atoms with Crippen LogP contribution >= 0.6 is 11.6 Å². The van der Waals surface area contributed by atoms with Crippen LogP contribution in [0.25, 0.3) is 39.2 Å².